The number of carbonyl (C=O) groups is 1. The first kappa shape index (κ1) is 17.0. The average Bonchev–Trinajstić information content (AvgIpc) is 3.15. The number of fused-ring (bicyclic) bond motifs is 2. The number of aromatic nitrogens is 1. The molecular formula is C18H17N3O3S2. The summed E-state index contributed by atoms with van der Waals surface area (Å²) in [6.07, 6.45) is 0.657. The molecule has 0 radical (unpaired) electrons. The number of sulfonamides is 1. The van der Waals surface area contributed by atoms with Crippen molar-refractivity contribution in [3.8, 4) is 0 Å². The highest BCUT2D eigenvalue weighted by atomic mass is 32.2. The fraction of sp³-hybridized carbons (Fsp3) is 0.222. The van der Waals surface area contributed by atoms with E-state index in [0.717, 1.165) is 26.5 Å². The lowest BCUT2D eigenvalue weighted by Gasteiger charge is -2.15. The van der Waals surface area contributed by atoms with Crippen LogP contribution in [0.5, 0.6) is 0 Å². The van der Waals surface area contributed by atoms with Gasteiger partial charge in [-0.3, -0.25) is 9.52 Å². The summed E-state index contributed by atoms with van der Waals surface area (Å²) >= 11 is 1.52. The molecule has 4 rings (SSSR count). The van der Waals surface area contributed by atoms with Gasteiger partial charge in [-0.1, -0.05) is 0 Å². The summed E-state index contributed by atoms with van der Waals surface area (Å²) in [4.78, 5) is 17.9. The molecule has 2 heterocycles. The number of anilines is 2. The van der Waals surface area contributed by atoms with Crippen LogP contribution in [-0.2, 0) is 21.2 Å². The molecule has 1 aliphatic heterocycles. The Hall–Kier alpha value is -2.45. The summed E-state index contributed by atoms with van der Waals surface area (Å²) in [6, 6.07) is 10.2. The number of aryl methyl sites for hydroxylation is 1. The second-order valence-electron chi connectivity index (χ2n) is 6.23. The minimum atomic E-state index is -3.70. The Balaban J connectivity index is 1.65. The number of nitrogens with zero attached hydrogens (tertiary/aromatic N) is 2. The van der Waals surface area contributed by atoms with Crippen LogP contribution in [0.15, 0.2) is 41.3 Å². The standard InChI is InChI=1S/C18H17N3O3S2/c1-11-19-16-5-3-14(10-18(16)25-11)20-26(23,24)15-4-6-17-13(9-15)7-8-21(17)12(2)22/h3-6,9-10,20H,7-8H2,1-2H3. The SMILES string of the molecule is CC(=O)N1CCc2cc(S(=O)(=O)Nc3ccc4nc(C)sc4c3)ccc21. The lowest BCUT2D eigenvalue weighted by molar-refractivity contribution is -0.116. The predicted octanol–water partition coefficient (Wildman–Crippen LogP) is 3.31. The van der Waals surface area contributed by atoms with Crippen LogP contribution in [0.1, 0.15) is 17.5 Å². The first-order valence-electron chi connectivity index (χ1n) is 8.14. The van der Waals surface area contributed by atoms with Crippen LogP contribution in [-0.4, -0.2) is 25.9 Å². The monoisotopic (exact) mass is 387 g/mol. The van der Waals surface area contributed by atoms with E-state index in [-0.39, 0.29) is 10.8 Å². The summed E-state index contributed by atoms with van der Waals surface area (Å²) in [7, 11) is -3.70. The first-order valence-corrected chi connectivity index (χ1v) is 10.4. The van der Waals surface area contributed by atoms with E-state index < -0.39 is 10.0 Å². The quantitative estimate of drug-likeness (QED) is 0.748. The number of amides is 1. The lowest BCUT2D eigenvalue weighted by Crippen LogP contribution is -2.25. The van der Waals surface area contributed by atoms with Crippen molar-refractivity contribution in [3.63, 3.8) is 0 Å². The molecule has 1 aromatic heterocycles. The highest BCUT2D eigenvalue weighted by molar-refractivity contribution is 7.92. The Bertz CT molecular complexity index is 1140. The van der Waals surface area contributed by atoms with Gasteiger partial charge in [-0.25, -0.2) is 13.4 Å². The lowest BCUT2D eigenvalue weighted by atomic mass is 10.2. The number of hydrogen-bond donors (Lipinski definition) is 1. The topological polar surface area (TPSA) is 79.4 Å². The number of carbonyl (C=O) groups excluding carboxylic acids is 1. The van der Waals surface area contributed by atoms with Crippen LogP contribution in [0.4, 0.5) is 11.4 Å². The van der Waals surface area contributed by atoms with E-state index in [0.29, 0.717) is 18.7 Å². The molecule has 1 N–H and O–H groups in total. The molecule has 6 nitrogen and oxygen atoms in total. The summed E-state index contributed by atoms with van der Waals surface area (Å²) in [5.74, 6) is -0.0364. The number of nitrogens with one attached hydrogen (secondary N) is 1. The van der Waals surface area contributed by atoms with Crippen molar-refractivity contribution < 1.29 is 13.2 Å². The Morgan fingerprint density at radius 3 is 2.81 bits per heavy atom. The third-order valence-electron chi connectivity index (χ3n) is 4.38. The van der Waals surface area contributed by atoms with Crippen LogP contribution < -0.4 is 9.62 Å². The van der Waals surface area contributed by atoms with Crippen LogP contribution in [0, 0.1) is 6.92 Å². The zero-order chi connectivity index (χ0) is 18.5. The van der Waals surface area contributed by atoms with Crippen LogP contribution in [0.3, 0.4) is 0 Å². The number of benzene rings is 2. The average molecular weight is 387 g/mol. The smallest absolute Gasteiger partial charge is 0.261 e. The minimum Gasteiger partial charge on any atom is -0.312 e. The molecule has 1 aliphatic rings. The van der Waals surface area contributed by atoms with E-state index in [1.165, 1.54) is 24.3 Å². The van der Waals surface area contributed by atoms with Crippen LogP contribution in [0.25, 0.3) is 10.2 Å². The van der Waals surface area contributed by atoms with Gasteiger partial charge in [0.05, 0.1) is 25.8 Å². The van der Waals surface area contributed by atoms with Gasteiger partial charge < -0.3 is 4.90 Å². The molecule has 2 aromatic carbocycles. The van der Waals surface area contributed by atoms with Gasteiger partial charge in [-0.15, -0.1) is 11.3 Å². The van der Waals surface area contributed by atoms with Crippen molar-refractivity contribution in [1.29, 1.82) is 0 Å². The Kier molecular flexibility index (Phi) is 3.96. The molecular weight excluding hydrogens is 370 g/mol. The predicted molar refractivity (Wildman–Crippen MR) is 103 cm³/mol. The maximum atomic E-state index is 12.8. The highest BCUT2D eigenvalue weighted by Gasteiger charge is 2.24. The van der Waals surface area contributed by atoms with Gasteiger partial charge in [-0.2, -0.15) is 0 Å². The van der Waals surface area contributed by atoms with Crippen LogP contribution in [0.2, 0.25) is 0 Å². The zero-order valence-electron chi connectivity index (χ0n) is 14.3. The van der Waals surface area contributed by atoms with Crippen molar-refractivity contribution in [2.45, 2.75) is 25.2 Å². The normalized spacial score (nSPS) is 13.8. The van der Waals surface area contributed by atoms with E-state index >= 15 is 0 Å². The molecule has 134 valence electrons. The molecule has 0 spiro atoms. The molecule has 0 aliphatic carbocycles. The second-order valence-corrected chi connectivity index (χ2v) is 9.15. The molecule has 0 fully saturated rings. The summed E-state index contributed by atoms with van der Waals surface area (Å²) in [5.41, 5.74) is 3.03. The number of hydrogen-bond acceptors (Lipinski definition) is 5. The first-order chi connectivity index (χ1) is 12.3. The van der Waals surface area contributed by atoms with E-state index in [1.54, 1.807) is 29.2 Å². The van der Waals surface area contributed by atoms with Crippen molar-refractivity contribution >= 4 is 48.9 Å². The molecule has 8 heteroatoms. The Labute approximate surface area is 155 Å². The molecule has 3 aromatic rings. The summed E-state index contributed by atoms with van der Waals surface area (Å²) < 4.78 is 29.1. The fourth-order valence-electron chi connectivity index (χ4n) is 3.19. The molecule has 0 saturated heterocycles. The van der Waals surface area contributed by atoms with Gasteiger partial charge in [0, 0.05) is 19.2 Å². The summed E-state index contributed by atoms with van der Waals surface area (Å²) in [6.45, 7) is 4.02. The number of thiazole rings is 1. The third-order valence-corrected chi connectivity index (χ3v) is 6.70. The van der Waals surface area contributed by atoms with Gasteiger partial charge in [0.25, 0.3) is 10.0 Å². The van der Waals surface area contributed by atoms with Gasteiger partial charge in [-0.05, 0) is 55.3 Å². The van der Waals surface area contributed by atoms with E-state index in [2.05, 4.69) is 9.71 Å². The van der Waals surface area contributed by atoms with E-state index in [4.69, 9.17) is 0 Å². The maximum absolute atomic E-state index is 12.8. The maximum Gasteiger partial charge on any atom is 0.261 e. The molecule has 0 unspecified atom stereocenters. The third kappa shape index (κ3) is 2.95. The Morgan fingerprint density at radius 1 is 1.23 bits per heavy atom. The van der Waals surface area contributed by atoms with E-state index in [1.807, 2.05) is 13.0 Å². The molecule has 0 atom stereocenters. The van der Waals surface area contributed by atoms with Crippen molar-refractivity contribution in [3.05, 3.63) is 47.0 Å². The summed E-state index contributed by atoms with van der Waals surface area (Å²) in [5, 5.41) is 0.939. The fourth-order valence-corrected chi connectivity index (χ4v) is 5.16. The molecule has 0 saturated carbocycles. The number of rotatable bonds is 3. The molecule has 0 bridgehead atoms. The second kappa shape index (κ2) is 6.07. The van der Waals surface area contributed by atoms with Crippen molar-refractivity contribution in [1.82, 2.24) is 4.98 Å². The van der Waals surface area contributed by atoms with Gasteiger partial charge >= 0.3 is 0 Å². The van der Waals surface area contributed by atoms with Gasteiger partial charge in [0.1, 0.15) is 0 Å². The largest absolute Gasteiger partial charge is 0.312 e. The highest BCUT2D eigenvalue weighted by Crippen LogP contribution is 2.31. The van der Waals surface area contributed by atoms with Gasteiger partial charge in [0.15, 0.2) is 0 Å². The molecule has 26 heavy (non-hydrogen) atoms. The molecule has 1 amide bonds. The van der Waals surface area contributed by atoms with Crippen LogP contribution >= 0.6 is 11.3 Å². The zero-order valence-corrected chi connectivity index (χ0v) is 15.9. The Morgan fingerprint density at radius 2 is 2.04 bits per heavy atom. The van der Waals surface area contributed by atoms with E-state index in [9.17, 15) is 13.2 Å². The van der Waals surface area contributed by atoms with Crippen molar-refractivity contribution in [2.24, 2.45) is 0 Å². The minimum absolute atomic E-state index is 0.0364. The van der Waals surface area contributed by atoms with Crippen molar-refractivity contribution in [2.75, 3.05) is 16.2 Å². The van der Waals surface area contributed by atoms with Gasteiger partial charge in [0.2, 0.25) is 5.91 Å².